The Balaban J connectivity index is 2.24. The third-order valence-corrected chi connectivity index (χ3v) is 2.43. The summed E-state index contributed by atoms with van der Waals surface area (Å²) in [5, 5.41) is 7.17. The minimum absolute atomic E-state index is 0.624. The van der Waals surface area contributed by atoms with Crippen LogP contribution in [0.25, 0.3) is 0 Å². The highest BCUT2D eigenvalue weighted by Gasteiger charge is 2.03. The van der Waals surface area contributed by atoms with Gasteiger partial charge in [0.1, 0.15) is 5.82 Å². The molecule has 2 aromatic heterocycles. The monoisotopic (exact) mass is 267 g/mol. The molecule has 0 spiro atoms. The number of nitrogens with one attached hydrogen (secondary N) is 1. The quantitative estimate of drug-likeness (QED) is 0.872. The van der Waals surface area contributed by atoms with Gasteiger partial charge in [0.15, 0.2) is 0 Å². The van der Waals surface area contributed by atoms with Gasteiger partial charge in [0.2, 0.25) is 0 Å². The largest absolute Gasteiger partial charge is 0.397 e. The summed E-state index contributed by atoms with van der Waals surface area (Å²) in [6, 6.07) is 1.80. The van der Waals surface area contributed by atoms with Gasteiger partial charge in [0.25, 0.3) is 0 Å². The highest BCUT2D eigenvalue weighted by Crippen LogP contribution is 2.24. The van der Waals surface area contributed by atoms with Crippen LogP contribution in [0.1, 0.15) is 0 Å². The third-order valence-electron chi connectivity index (χ3n) is 1.83. The lowest BCUT2D eigenvalue weighted by atomic mass is 10.4. The van der Waals surface area contributed by atoms with Gasteiger partial charge in [-0.1, -0.05) is 0 Å². The molecule has 0 aliphatic carbocycles. The summed E-state index contributed by atoms with van der Waals surface area (Å²) < 4.78 is 2.54. The van der Waals surface area contributed by atoms with Gasteiger partial charge in [-0.2, -0.15) is 5.10 Å². The number of halogens is 1. The molecule has 2 heterocycles. The van der Waals surface area contributed by atoms with E-state index in [-0.39, 0.29) is 0 Å². The van der Waals surface area contributed by atoms with Crippen molar-refractivity contribution in [1.82, 2.24) is 14.8 Å². The highest BCUT2D eigenvalue weighted by molar-refractivity contribution is 9.10. The number of nitrogens with two attached hydrogens (primary N) is 1. The van der Waals surface area contributed by atoms with Crippen LogP contribution < -0.4 is 11.1 Å². The Morgan fingerprint density at radius 2 is 2.27 bits per heavy atom. The van der Waals surface area contributed by atoms with E-state index in [1.165, 1.54) is 0 Å². The highest BCUT2D eigenvalue weighted by atomic mass is 79.9. The number of nitrogens with zero attached hydrogens (tertiary/aromatic N) is 3. The molecule has 0 aliphatic rings. The lowest BCUT2D eigenvalue weighted by molar-refractivity contribution is 0.768. The lowest BCUT2D eigenvalue weighted by Crippen LogP contribution is -1.95. The van der Waals surface area contributed by atoms with E-state index in [1.54, 1.807) is 23.1 Å². The molecule has 0 amide bonds. The predicted molar refractivity (Wildman–Crippen MR) is 62.8 cm³/mol. The number of nitrogen functional groups attached to an aromatic ring is 1. The van der Waals surface area contributed by atoms with Gasteiger partial charge in [-0.25, -0.2) is 4.98 Å². The first-order valence-corrected chi connectivity index (χ1v) is 5.11. The van der Waals surface area contributed by atoms with Crippen LogP contribution in [-0.4, -0.2) is 14.8 Å². The summed E-state index contributed by atoms with van der Waals surface area (Å²) in [6.45, 7) is 0. The smallest absolute Gasteiger partial charge is 0.144 e. The first-order valence-electron chi connectivity index (χ1n) is 4.32. The van der Waals surface area contributed by atoms with Gasteiger partial charge in [-0.3, -0.25) is 4.68 Å². The van der Waals surface area contributed by atoms with Gasteiger partial charge in [-0.05, 0) is 22.0 Å². The molecule has 0 saturated carbocycles. The summed E-state index contributed by atoms with van der Waals surface area (Å²) in [4.78, 5) is 4.16. The molecule has 0 radical (unpaired) electrons. The average molecular weight is 268 g/mol. The Bertz CT molecular complexity index is 479. The molecule has 0 unspecified atom stereocenters. The molecule has 0 fully saturated rings. The second kappa shape index (κ2) is 3.90. The van der Waals surface area contributed by atoms with Crippen molar-refractivity contribution < 1.29 is 0 Å². The van der Waals surface area contributed by atoms with Crippen molar-refractivity contribution >= 4 is 33.1 Å². The normalized spacial score (nSPS) is 10.3. The Labute approximate surface area is 95.4 Å². The number of anilines is 3. The summed E-state index contributed by atoms with van der Waals surface area (Å²) in [6.07, 6.45) is 5.19. The molecule has 6 heteroatoms. The van der Waals surface area contributed by atoms with Crippen LogP contribution in [-0.2, 0) is 7.05 Å². The van der Waals surface area contributed by atoms with Crippen molar-refractivity contribution in [1.29, 1.82) is 0 Å². The van der Waals surface area contributed by atoms with E-state index in [4.69, 9.17) is 5.73 Å². The maximum atomic E-state index is 5.59. The Hall–Kier alpha value is -1.56. The third kappa shape index (κ3) is 2.27. The zero-order valence-electron chi connectivity index (χ0n) is 8.11. The van der Waals surface area contributed by atoms with Gasteiger partial charge in [0.05, 0.1) is 28.2 Å². The van der Waals surface area contributed by atoms with Crippen molar-refractivity contribution in [3.05, 3.63) is 29.1 Å². The van der Waals surface area contributed by atoms with Crippen LogP contribution in [0.5, 0.6) is 0 Å². The summed E-state index contributed by atoms with van der Waals surface area (Å²) in [5.74, 6) is 0.720. The molecule has 3 N–H and O–H groups in total. The predicted octanol–water partition coefficient (Wildman–Crippen LogP) is 1.90. The number of pyridine rings is 1. The Morgan fingerprint density at radius 3 is 2.87 bits per heavy atom. The summed E-state index contributed by atoms with van der Waals surface area (Å²) >= 11 is 3.38. The molecule has 5 nitrogen and oxygen atoms in total. The fourth-order valence-corrected chi connectivity index (χ4v) is 1.63. The molecular weight excluding hydrogens is 258 g/mol. The second-order valence-corrected chi connectivity index (χ2v) is 3.98. The standard InChI is InChI=1S/C9H10BrN5/c1-15-5-7(4-13-15)14-9-8(10)2-6(11)3-12-9/h2-5H,11H2,1H3,(H,12,14). The van der Waals surface area contributed by atoms with Crippen molar-refractivity contribution in [3.8, 4) is 0 Å². The SMILES string of the molecule is Cn1cc(Nc2ncc(N)cc2Br)cn1. The van der Waals surface area contributed by atoms with Crippen LogP contribution >= 0.6 is 15.9 Å². The molecule has 0 aromatic carbocycles. The van der Waals surface area contributed by atoms with E-state index >= 15 is 0 Å². The second-order valence-electron chi connectivity index (χ2n) is 3.13. The zero-order chi connectivity index (χ0) is 10.8. The van der Waals surface area contributed by atoms with E-state index in [1.807, 2.05) is 13.2 Å². The van der Waals surface area contributed by atoms with Crippen molar-refractivity contribution in [3.63, 3.8) is 0 Å². The minimum atomic E-state index is 0.624. The van der Waals surface area contributed by atoms with Gasteiger partial charge >= 0.3 is 0 Å². The average Bonchev–Trinajstić information content (AvgIpc) is 2.56. The maximum Gasteiger partial charge on any atom is 0.144 e. The van der Waals surface area contributed by atoms with E-state index < -0.39 is 0 Å². The van der Waals surface area contributed by atoms with Crippen LogP contribution in [0.2, 0.25) is 0 Å². The van der Waals surface area contributed by atoms with E-state index in [0.29, 0.717) is 5.69 Å². The Kier molecular flexibility index (Phi) is 2.59. The topological polar surface area (TPSA) is 68.8 Å². The molecule has 0 atom stereocenters. The minimum Gasteiger partial charge on any atom is -0.397 e. The molecule has 0 bridgehead atoms. The number of aryl methyl sites for hydroxylation is 1. The number of hydrogen-bond donors (Lipinski definition) is 2. The Morgan fingerprint density at radius 1 is 1.47 bits per heavy atom. The van der Waals surface area contributed by atoms with Crippen molar-refractivity contribution in [2.45, 2.75) is 0 Å². The van der Waals surface area contributed by atoms with Crippen LogP contribution in [0.3, 0.4) is 0 Å². The van der Waals surface area contributed by atoms with E-state index in [2.05, 4.69) is 31.3 Å². The molecule has 15 heavy (non-hydrogen) atoms. The van der Waals surface area contributed by atoms with Crippen LogP contribution in [0, 0.1) is 0 Å². The molecular formula is C9H10BrN5. The van der Waals surface area contributed by atoms with Crippen molar-refractivity contribution in [2.75, 3.05) is 11.1 Å². The molecule has 78 valence electrons. The van der Waals surface area contributed by atoms with Crippen LogP contribution in [0.15, 0.2) is 29.1 Å². The lowest BCUT2D eigenvalue weighted by Gasteiger charge is -2.05. The van der Waals surface area contributed by atoms with Gasteiger partial charge < -0.3 is 11.1 Å². The van der Waals surface area contributed by atoms with Crippen molar-refractivity contribution in [2.24, 2.45) is 7.05 Å². The number of hydrogen-bond acceptors (Lipinski definition) is 4. The van der Waals surface area contributed by atoms with Crippen LogP contribution in [0.4, 0.5) is 17.2 Å². The maximum absolute atomic E-state index is 5.59. The van der Waals surface area contributed by atoms with Gasteiger partial charge in [-0.15, -0.1) is 0 Å². The number of rotatable bonds is 2. The van der Waals surface area contributed by atoms with Gasteiger partial charge in [0, 0.05) is 13.2 Å². The first kappa shape index (κ1) is 9.97. The molecule has 2 aromatic rings. The summed E-state index contributed by atoms with van der Waals surface area (Å²) in [7, 11) is 1.86. The fraction of sp³-hybridized carbons (Fsp3) is 0.111. The zero-order valence-corrected chi connectivity index (χ0v) is 9.69. The molecule has 0 saturated heterocycles. The molecule has 2 rings (SSSR count). The van der Waals surface area contributed by atoms with E-state index in [9.17, 15) is 0 Å². The molecule has 0 aliphatic heterocycles. The fourth-order valence-electron chi connectivity index (χ4n) is 1.17. The first-order chi connectivity index (χ1) is 7.15. The van der Waals surface area contributed by atoms with E-state index in [0.717, 1.165) is 16.0 Å². The summed E-state index contributed by atoms with van der Waals surface area (Å²) in [5.41, 5.74) is 7.10. The number of aromatic nitrogens is 3.